The first-order valence-electron chi connectivity index (χ1n) is 10.5. The number of nitrogens with zero attached hydrogens (tertiary/aromatic N) is 2. The molecule has 1 aromatic heterocycles. The Morgan fingerprint density at radius 3 is 2.36 bits per heavy atom. The van der Waals surface area contributed by atoms with Gasteiger partial charge in [-0.2, -0.15) is 0 Å². The summed E-state index contributed by atoms with van der Waals surface area (Å²) in [7, 11) is 3.28. The van der Waals surface area contributed by atoms with Crippen molar-refractivity contribution in [2.45, 2.75) is 12.3 Å². The molecule has 0 radical (unpaired) electrons. The second-order valence-electron chi connectivity index (χ2n) is 7.64. The first-order valence-corrected chi connectivity index (χ1v) is 11.3. The molecule has 2 aromatic carbocycles. The van der Waals surface area contributed by atoms with Gasteiger partial charge in [0.1, 0.15) is 5.15 Å². The number of methoxy groups -OCH3 is 1. The van der Waals surface area contributed by atoms with Gasteiger partial charge in [-0.1, -0.05) is 65.7 Å². The Balaban J connectivity index is 1.61. The van der Waals surface area contributed by atoms with E-state index in [0.29, 0.717) is 34.9 Å². The van der Waals surface area contributed by atoms with E-state index in [1.165, 1.54) is 0 Å². The third-order valence-electron chi connectivity index (χ3n) is 5.60. The SMILES string of the molecule is COCC(c1cnc(Cl)c(C2OCCO2)c1Cl)N(C)C(=O)c1ccc(-c2ccccc2)cc1. The number of pyridine rings is 1. The lowest BCUT2D eigenvalue weighted by atomic mass is 10.0. The molecule has 1 aliphatic rings. The molecule has 8 heteroatoms. The molecule has 3 aromatic rings. The Morgan fingerprint density at radius 2 is 1.73 bits per heavy atom. The fraction of sp³-hybridized carbons (Fsp3) is 0.280. The second-order valence-corrected chi connectivity index (χ2v) is 8.37. The molecule has 2 heterocycles. The lowest BCUT2D eigenvalue weighted by Gasteiger charge is -2.29. The normalized spacial score (nSPS) is 14.9. The van der Waals surface area contributed by atoms with Gasteiger partial charge in [0.15, 0.2) is 6.29 Å². The molecular formula is C25H24Cl2N2O4. The van der Waals surface area contributed by atoms with Gasteiger partial charge in [0.25, 0.3) is 5.91 Å². The molecule has 33 heavy (non-hydrogen) atoms. The Hall–Kier alpha value is -2.48. The smallest absolute Gasteiger partial charge is 0.254 e. The van der Waals surface area contributed by atoms with Gasteiger partial charge >= 0.3 is 0 Å². The van der Waals surface area contributed by atoms with Crippen LogP contribution in [-0.2, 0) is 14.2 Å². The Bertz CT molecular complexity index is 1100. The molecule has 0 bridgehead atoms. The van der Waals surface area contributed by atoms with Crippen molar-refractivity contribution < 1.29 is 19.0 Å². The number of ether oxygens (including phenoxy) is 3. The maximum Gasteiger partial charge on any atom is 0.254 e. The third kappa shape index (κ3) is 5.05. The summed E-state index contributed by atoms with van der Waals surface area (Å²) in [5, 5.41) is 0.556. The largest absolute Gasteiger partial charge is 0.382 e. The first-order chi connectivity index (χ1) is 16.0. The van der Waals surface area contributed by atoms with E-state index >= 15 is 0 Å². The average Bonchev–Trinajstić information content (AvgIpc) is 3.37. The van der Waals surface area contributed by atoms with Crippen LogP contribution in [-0.4, -0.2) is 49.8 Å². The number of hydrogen-bond donors (Lipinski definition) is 0. The van der Waals surface area contributed by atoms with Crippen molar-refractivity contribution in [3.63, 3.8) is 0 Å². The van der Waals surface area contributed by atoms with Gasteiger partial charge in [0, 0.05) is 31.5 Å². The highest BCUT2D eigenvalue weighted by Crippen LogP contribution is 2.39. The molecule has 4 rings (SSSR count). The van der Waals surface area contributed by atoms with Crippen molar-refractivity contribution >= 4 is 29.1 Å². The first kappa shape index (κ1) is 23.7. The highest BCUT2D eigenvalue weighted by molar-refractivity contribution is 6.35. The Morgan fingerprint density at radius 1 is 1.09 bits per heavy atom. The number of halogens is 2. The van der Waals surface area contributed by atoms with Gasteiger partial charge in [-0.3, -0.25) is 4.79 Å². The lowest BCUT2D eigenvalue weighted by molar-refractivity contribution is -0.0443. The Kier molecular flexibility index (Phi) is 7.63. The molecule has 0 spiro atoms. The molecule has 0 N–H and O–H groups in total. The molecule has 0 aliphatic carbocycles. The molecule has 6 nitrogen and oxygen atoms in total. The Labute approximate surface area is 203 Å². The summed E-state index contributed by atoms with van der Waals surface area (Å²) in [6.45, 7) is 1.11. The van der Waals surface area contributed by atoms with E-state index in [4.69, 9.17) is 37.4 Å². The predicted octanol–water partition coefficient (Wildman–Crippen LogP) is 5.56. The summed E-state index contributed by atoms with van der Waals surface area (Å²) >= 11 is 13.0. The number of amides is 1. The zero-order valence-electron chi connectivity index (χ0n) is 18.3. The van der Waals surface area contributed by atoms with Crippen LogP contribution in [0.2, 0.25) is 10.2 Å². The second kappa shape index (κ2) is 10.6. The van der Waals surface area contributed by atoms with Gasteiger partial charge in [-0.15, -0.1) is 0 Å². The van der Waals surface area contributed by atoms with Gasteiger partial charge in [-0.05, 0) is 23.3 Å². The standard InChI is InChI=1S/C25H24Cl2N2O4/c1-29(24(30)18-10-8-17(9-11-18)16-6-4-3-5-7-16)20(15-31-2)19-14-28-23(27)21(22(19)26)25-32-12-13-33-25/h3-11,14,20,25H,12-13,15H2,1-2H3. The molecule has 1 amide bonds. The summed E-state index contributed by atoms with van der Waals surface area (Å²) in [4.78, 5) is 19.2. The van der Waals surface area contributed by atoms with Crippen LogP contribution in [0.5, 0.6) is 0 Å². The van der Waals surface area contributed by atoms with E-state index in [1.54, 1.807) is 25.3 Å². The quantitative estimate of drug-likeness (QED) is 0.409. The van der Waals surface area contributed by atoms with Gasteiger partial charge < -0.3 is 19.1 Å². The molecule has 172 valence electrons. The fourth-order valence-electron chi connectivity index (χ4n) is 3.81. The van der Waals surface area contributed by atoms with Crippen molar-refractivity contribution in [1.82, 2.24) is 9.88 Å². The molecule has 1 unspecified atom stereocenters. The van der Waals surface area contributed by atoms with Crippen LogP contribution in [0.15, 0.2) is 60.8 Å². The van der Waals surface area contributed by atoms with Crippen molar-refractivity contribution in [3.05, 3.63) is 87.7 Å². The molecular weight excluding hydrogens is 463 g/mol. The average molecular weight is 487 g/mol. The summed E-state index contributed by atoms with van der Waals surface area (Å²) in [6.07, 6.45) is 0.877. The highest BCUT2D eigenvalue weighted by atomic mass is 35.5. The number of hydrogen-bond acceptors (Lipinski definition) is 5. The summed E-state index contributed by atoms with van der Waals surface area (Å²) in [6, 6.07) is 17.0. The summed E-state index contributed by atoms with van der Waals surface area (Å²) in [5.41, 5.74) is 3.75. The van der Waals surface area contributed by atoms with Gasteiger partial charge in [0.2, 0.25) is 0 Å². The molecule has 1 atom stereocenters. The minimum atomic E-state index is -0.688. The van der Waals surface area contributed by atoms with E-state index in [9.17, 15) is 4.79 Å². The number of aromatic nitrogens is 1. The van der Waals surface area contributed by atoms with Crippen LogP contribution >= 0.6 is 23.2 Å². The fourth-order valence-corrected chi connectivity index (χ4v) is 4.44. The number of carbonyl (C=O) groups is 1. The van der Waals surface area contributed by atoms with Crippen LogP contribution in [0, 0.1) is 0 Å². The van der Waals surface area contributed by atoms with Crippen molar-refractivity contribution in [2.75, 3.05) is 34.0 Å². The zero-order chi connectivity index (χ0) is 23.4. The van der Waals surface area contributed by atoms with Crippen LogP contribution < -0.4 is 0 Å². The monoisotopic (exact) mass is 486 g/mol. The van der Waals surface area contributed by atoms with Crippen LogP contribution in [0.4, 0.5) is 0 Å². The molecule has 0 saturated carbocycles. The van der Waals surface area contributed by atoms with Crippen molar-refractivity contribution in [2.24, 2.45) is 0 Å². The number of rotatable bonds is 7. The highest BCUT2D eigenvalue weighted by Gasteiger charge is 2.31. The zero-order valence-corrected chi connectivity index (χ0v) is 19.8. The molecule has 1 aliphatic heterocycles. The van der Waals surface area contributed by atoms with Gasteiger partial charge in [-0.25, -0.2) is 4.98 Å². The minimum Gasteiger partial charge on any atom is -0.382 e. The topological polar surface area (TPSA) is 60.9 Å². The summed E-state index contributed by atoms with van der Waals surface area (Å²) < 4.78 is 16.6. The van der Waals surface area contributed by atoms with E-state index in [0.717, 1.165) is 11.1 Å². The van der Waals surface area contributed by atoms with Crippen molar-refractivity contribution in [1.29, 1.82) is 0 Å². The summed E-state index contributed by atoms with van der Waals surface area (Å²) in [5.74, 6) is -0.169. The maximum atomic E-state index is 13.3. The number of likely N-dealkylation sites (N-methyl/N-ethyl adjacent to an activating group) is 1. The number of benzene rings is 2. The third-order valence-corrected chi connectivity index (χ3v) is 6.32. The number of carbonyl (C=O) groups excluding carboxylic acids is 1. The molecule has 1 fully saturated rings. The van der Waals surface area contributed by atoms with E-state index < -0.39 is 12.3 Å². The minimum absolute atomic E-state index is 0.169. The van der Waals surface area contributed by atoms with Crippen LogP contribution in [0.25, 0.3) is 11.1 Å². The predicted molar refractivity (Wildman–Crippen MR) is 127 cm³/mol. The van der Waals surface area contributed by atoms with Gasteiger partial charge in [0.05, 0.1) is 36.4 Å². The maximum absolute atomic E-state index is 13.3. The van der Waals surface area contributed by atoms with E-state index in [2.05, 4.69) is 4.98 Å². The molecule has 1 saturated heterocycles. The van der Waals surface area contributed by atoms with E-state index in [-0.39, 0.29) is 17.7 Å². The van der Waals surface area contributed by atoms with E-state index in [1.807, 2.05) is 54.6 Å². The van der Waals surface area contributed by atoms with Crippen LogP contribution in [0.3, 0.4) is 0 Å². The van der Waals surface area contributed by atoms with Crippen molar-refractivity contribution in [3.8, 4) is 11.1 Å². The lowest BCUT2D eigenvalue weighted by Crippen LogP contribution is -2.34. The van der Waals surface area contributed by atoms with Crippen LogP contribution in [0.1, 0.15) is 33.8 Å².